The third kappa shape index (κ3) is 6.01. The van der Waals surface area contributed by atoms with Gasteiger partial charge in [0.15, 0.2) is 0 Å². The lowest BCUT2D eigenvalue weighted by Gasteiger charge is -2.38. The Hall–Kier alpha value is -1.96. The molecule has 3 rings (SSSR count). The summed E-state index contributed by atoms with van der Waals surface area (Å²) >= 11 is 0. The van der Waals surface area contributed by atoms with Gasteiger partial charge in [-0.2, -0.15) is 0 Å². The number of aryl methyl sites for hydroxylation is 2. The molecule has 0 unspecified atom stereocenters. The molecule has 0 bridgehead atoms. The summed E-state index contributed by atoms with van der Waals surface area (Å²) in [5, 5.41) is 3.05. The van der Waals surface area contributed by atoms with Crippen LogP contribution in [0, 0.1) is 13.8 Å². The summed E-state index contributed by atoms with van der Waals surface area (Å²) in [6, 6.07) is 6.02. The number of rotatable bonds is 5. The van der Waals surface area contributed by atoms with E-state index in [-0.39, 0.29) is 24.0 Å². The monoisotopic (exact) mass is 402 g/mol. The average molecular weight is 403 g/mol. The number of hydrogen-bond acceptors (Lipinski definition) is 5. The smallest absolute Gasteiger partial charge is 0.238 e. The summed E-state index contributed by atoms with van der Waals surface area (Å²) in [6.07, 6.45) is 0.185. The van der Waals surface area contributed by atoms with Crippen molar-refractivity contribution in [1.82, 2.24) is 14.7 Å². The van der Waals surface area contributed by atoms with Gasteiger partial charge < -0.3 is 15.0 Å². The lowest BCUT2D eigenvalue weighted by Crippen LogP contribution is -2.54. The van der Waals surface area contributed by atoms with Crippen LogP contribution in [0.4, 0.5) is 5.69 Å². The molecule has 1 aromatic rings. The van der Waals surface area contributed by atoms with Crippen molar-refractivity contribution in [3.8, 4) is 0 Å². The Morgan fingerprint density at radius 3 is 2.03 bits per heavy atom. The van der Waals surface area contributed by atoms with Gasteiger partial charge >= 0.3 is 0 Å². The van der Waals surface area contributed by atoms with Crippen molar-refractivity contribution in [2.75, 3.05) is 57.7 Å². The average Bonchev–Trinajstić information content (AvgIpc) is 2.65. The molecule has 0 aliphatic carbocycles. The minimum atomic E-state index is 0.0169. The number of carbonyl (C=O) groups excluding carboxylic acids is 2. The maximum absolute atomic E-state index is 12.6. The lowest BCUT2D eigenvalue weighted by atomic mass is 10.1. The Morgan fingerprint density at radius 2 is 1.48 bits per heavy atom. The standard InChI is InChI=1S/C22H34N4O3/c1-16-6-5-7-17(2)22(16)23-20(27)14-24-8-10-25(11-9-24)15-21(28)26-12-18(3)29-19(4)13-26/h5-7,18-19H,8-15H2,1-4H3,(H,23,27)/t18-,19-/m1/s1. The molecule has 160 valence electrons. The van der Waals surface area contributed by atoms with Crippen LogP contribution in [0.15, 0.2) is 18.2 Å². The van der Waals surface area contributed by atoms with E-state index < -0.39 is 0 Å². The summed E-state index contributed by atoms with van der Waals surface area (Å²) in [7, 11) is 0. The van der Waals surface area contributed by atoms with Crippen LogP contribution in [0.1, 0.15) is 25.0 Å². The molecular weight excluding hydrogens is 368 g/mol. The number of anilines is 1. The topological polar surface area (TPSA) is 65.1 Å². The normalized spacial score (nSPS) is 23.8. The minimum Gasteiger partial charge on any atom is -0.372 e. The quantitative estimate of drug-likeness (QED) is 0.809. The highest BCUT2D eigenvalue weighted by molar-refractivity contribution is 5.93. The fourth-order valence-corrected chi connectivity index (χ4v) is 4.17. The molecule has 0 spiro atoms. The molecule has 2 fully saturated rings. The van der Waals surface area contributed by atoms with Crippen LogP contribution in [0.2, 0.25) is 0 Å². The van der Waals surface area contributed by atoms with Crippen molar-refractivity contribution < 1.29 is 14.3 Å². The number of nitrogens with one attached hydrogen (secondary N) is 1. The zero-order chi connectivity index (χ0) is 21.0. The van der Waals surface area contributed by atoms with Gasteiger partial charge in [0.1, 0.15) is 0 Å². The number of carbonyl (C=O) groups is 2. The molecule has 0 radical (unpaired) electrons. The SMILES string of the molecule is Cc1cccc(C)c1NC(=O)CN1CCN(CC(=O)N2C[C@@H](C)O[C@H](C)C2)CC1. The second-order valence-corrected chi connectivity index (χ2v) is 8.42. The summed E-state index contributed by atoms with van der Waals surface area (Å²) < 4.78 is 5.71. The first-order valence-electron chi connectivity index (χ1n) is 10.6. The van der Waals surface area contributed by atoms with Crippen molar-refractivity contribution in [1.29, 1.82) is 0 Å². The maximum atomic E-state index is 12.6. The predicted molar refractivity (Wildman–Crippen MR) is 114 cm³/mol. The number of para-hydroxylation sites is 1. The van der Waals surface area contributed by atoms with E-state index in [2.05, 4.69) is 15.1 Å². The molecular formula is C22H34N4O3. The van der Waals surface area contributed by atoms with Gasteiger partial charge in [0.05, 0.1) is 25.3 Å². The Labute approximate surface area is 174 Å². The van der Waals surface area contributed by atoms with Crippen molar-refractivity contribution in [2.45, 2.75) is 39.9 Å². The van der Waals surface area contributed by atoms with Gasteiger partial charge in [-0.15, -0.1) is 0 Å². The molecule has 0 saturated carbocycles. The summed E-state index contributed by atoms with van der Waals surface area (Å²) in [4.78, 5) is 31.4. The summed E-state index contributed by atoms with van der Waals surface area (Å²) in [6.45, 7) is 13.4. The van der Waals surface area contributed by atoms with E-state index in [1.54, 1.807) is 0 Å². The van der Waals surface area contributed by atoms with Gasteiger partial charge in [-0.1, -0.05) is 18.2 Å². The van der Waals surface area contributed by atoms with E-state index in [1.165, 1.54) is 0 Å². The van der Waals surface area contributed by atoms with Gasteiger partial charge in [-0.3, -0.25) is 19.4 Å². The van der Waals surface area contributed by atoms with Crippen molar-refractivity contribution in [3.63, 3.8) is 0 Å². The van der Waals surface area contributed by atoms with Crippen LogP contribution in [0.3, 0.4) is 0 Å². The van der Waals surface area contributed by atoms with Gasteiger partial charge in [0.2, 0.25) is 11.8 Å². The van der Waals surface area contributed by atoms with Crippen LogP contribution in [0.25, 0.3) is 0 Å². The Kier molecular flexibility index (Phi) is 7.27. The van der Waals surface area contributed by atoms with E-state index in [0.29, 0.717) is 26.2 Å². The summed E-state index contributed by atoms with van der Waals surface area (Å²) in [5.41, 5.74) is 3.07. The molecule has 1 aromatic carbocycles. The van der Waals surface area contributed by atoms with Gasteiger partial charge in [-0.25, -0.2) is 0 Å². The van der Waals surface area contributed by atoms with Crippen LogP contribution >= 0.6 is 0 Å². The van der Waals surface area contributed by atoms with Crippen molar-refractivity contribution in [3.05, 3.63) is 29.3 Å². The highest BCUT2D eigenvalue weighted by atomic mass is 16.5. The second-order valence-electron chi connectivity index (χ2n) is 8.42. The van der Waals surface area contributed by atoms with Crippen LogP contribution < -0.4 is 5.32 Å². The Balaban J connectivity index is 1.42. The number of piperazine rings is 1. The number of ether oxygens (including phenoxy) is 1. The van der Waals surface area contributed by atoms with E-state index in [9.17, 15) is 9.59 Å². The molecule has 2 aliphatic heterocycles. The zero-order valence-corrected chi connectivity index (χ0v) is 18.1. The largest absolute Gasteiger partial charge is 0.372 e. The fraction of sp³-hybridized carbons (Fsp3) is 0.636. The van der Waals surface area contributed by atoms with Crippen LogP contribution in [0.5, 0.6) is 0 Å². The van der Waals surface area contributed by atoms with Crippen LogP contribution in [-0.2, 0) is 14.3 Å². The highest BCUT2D eigenvalue weighted by Gasteiger charge is 2.28. The number of hydrogen-bond donors (Lipinski definition) is 1. The number of amides is 2. The maximum Gasteiger partial charge on any atom is 0.238 e. The number of nitrogens with zero attached hydrogens (tertiary/aromatic N) is 3. The predicted octanol–water partition coefficient (Wildman–Crippen LogP) is 1.50. The molecule has 2 heterocycles. The van der Waals surface area contributed by atoms with Gasteiger partial charge in [0.25, 0.3) is 0 Å². The Bertz CT molecular complexity index is 701. The van der Waals surface area contributed by atoms with E-state index in [1.807, 2.05) is 50.8 Å². The number of benzene rings is 1. The fourth-order valence-electron chi connectivity index (χ4n) is 4.17. The van der Waals surface area contributed by atoms with E-state index in [4.69, 9.17) is 4.74 Å². The molecule has 29 heavy (non-hydrogen) atoms. The highest BCUT2D eigenvalue weighted by Crippen LogP contribution is 2.19. The molecule has 2 atom stereocenters. The van der Waals surface area contributed by atoms with Crippen molar-refractivity contribution >= 4 is 17.5 Å². The Morgan fingerprint density at radius 1 is 0.966 bits per heavy atom. The van der Waals surface area contributed by atoms with Crippen LogP contribution in [-0.4, -0.2) is 91.1 Å². The summed E-state index contributed by atoms with van der Waals surface area (Å²) in [5.74, 6) is 0.191. The number of morpholine rings is 1. The first kappa shape index (κ1) is 21.7. The van der Waals surface area contributed by atoms with E-state index >= 15 is 0 Å². The molecule has 2 saturated heterocycles. The van der Waals surface area contributed by atoms with Crippen molar-refractivity contribution in [2.24, 2.45) is 0 Å². The van der Waals surface area contributed by atoms with E-state index in [0.717, 1.165) is 43.0 Å². The third-order valence-electron chi connectivity index (χ3n) is 5.71. The molecule has 2 aliphatic rings. The minimum absolute atomic E-state index is 0.0169. The first-order chi connectivity index (χ1) is 13.8. The molecule has 7 heteroatoms. The molecule has 1 N–H and O–H groups in total. The first-order valence-corrected chi connectivity index (χ1v) is 10.6. The van der Waals surface area contributed by atoms with Gasteiger partial charge in [0, 0.05) is 45.0 Å². The molecule has 2 amide bonds. The third-order valence-corrected chi connectivity index (χ3v) is 5.71. The van der Waals surface area contributed by atoms with Gasteiger partial charge in [-0.05, 0) is 38.8 Å². The molecule has 0 aromatic heterocycles. The zero-order valence-electron chi connectivity index (χ0n) is 18.1. The second kappa shape index (κ2) is 9.69. The lowest BCUT2D eigenvalue weighted by molar-refractivity contribution is -0.144. The molecule has 7 nitrogen and oxygen atoms in total.